The molecule has 1 heterocycles. The Labute approximate surface area is 404 Å². The van der Waals surface area contributed by atoms with Gasteiger partial charge in [-0.15, -0.1) is 0 Å². The number of fused-ring (bicyclic) bond motifs is 4. The number of allylic oxidation sites excluding steroid dienone is 1. The Hall–Kier alpha value is -9.05. The van der Waals surface area contributed by atoms with Crippen LogP contribution in [0, 0.1) is 5.41 Å². The molecule has 12 rings (SSSR count). The number of para-hydroxylation sites is 1. The predicted molar refractivity (Wildman–Crippen MR) is 288 cm³/mol. The molecule has 0 saturated heterocycles. The van der Waals surface area contributed by atoms with E-state index in [0.717, 1.165) is 73.0 Å². The Morgan fingerprint density at radius 3 is 1.57 bits per heavy atom. The van der Waals surface area contributed by atoms with Gasteiger partial charge in [-0.2, -0.15) is 0 Å². The Kier molecular flexibility index (Phi) is 10.6. The Balaban J connectivity index is 1.17. The first-order chi connectivity index (χ1) is 34.2. The smallest absolute Gasteiger partial charge is 0.0714 e. The summed E-state index contributed by atoms with van der Waals surface area (Å²) in [6.45, 7) is 0. The molecule has 1 aliphatic heterocycles. The van der Waals surface area contributed by atoms with Gasteiger partial charge in [0.05, 0.1) is 28.2 Å². The highest BCUT2D eigenvalue weighted by atomic mass is 15.1. The molecule has 0 saturated carbocycles. The van der Waals surface area contributed by atoms with Crippen LogP contribution in [0.2, 0.25) is 0 Å². The molecule has 326 valence electrons. The molecule has 3 heteroatoms. The van der Waals surface area contributed by atoms with Crippen molar-refractivity contribution < 1.29 is 0 Å². The van der Waals surface area contributed by atoms with Gasteiger partial charge in [0.1, 0.15) is 0 Å². The number of nitrogens with zero attached hydrogens (tertiary/aromatic N) is 1. The average molecular weight is 882 g/mol. The third-order valence-corrected chi connectivity index (χ3v) is 13.8. The number of rotatable bonds is 10. The Morgan fingerprint density at radius 1 is 0.406 bits per heavy atom. The molecule has 0 amide bonds. The average Bonchev–Trinajstić information content (AvgIpc) is 3.74. The van der Waals surface area contributed by atoms with Crippen LogP contribution in [0.25, 0.3) is 45.3 Å². The van der Waals surface area contributed by atoms with Crippen LogP contribution in [0.3, 0.4) is 0 Å². The summed E-state index contributed by atoms with van der Waals surface area (Å²) in [5, 5.41) is 13.9. The van der Waals surface area contributed by atoms with Gasteiger partial charge < -0.3 is 10.2 Å². The minimum absolute atomic E-state index is 0.442. The van der Waals surface area contributed by atoms with Crippen LogP contribution in [0.4, 0.5) is 17.1 Å². The first kappa shape index (κ1) is 41.4. The first-order valence-corrected chi connectivity index (χ1v) is 23.6. The van der Waals surface area contributed by atoms with E-state index < -0.39 is 5.41 Å². The van der Waals surface area contributed by atoms with Crippen molar-refractivity contribution in [3.05, 3.63) is 317 Å². The first-order valence-electron chi connectivity index (χ1n) is 23.6. The van der Waals surface area contributed by atoms with Crippen molar-refractivity contribution >= 4 is 45.8 Å². The molecule has 0 aromatic heterocycles. The van der Waals surface area contributed by atoms with Crippen molar-refractivity contribution in [1.82, 2.24) is 5.32 Å². The third kappa shape index (κ3) is 7.11. The lowest BCUT2D eigenvalue weighted by Gasteiger charge is -2.35. The van der Waals surface area contributed by atoms with Crippen molar-refractivity contribution in [2.75, 3.05) is 4.90 Å². The lowest BCUT2D eigenvalue weighted by molar-refractivity contribution is 0.768. The lowest BCUT2D eigenvalue weighted by atomic mass is 9.68. The standard InChI is InChI=1S/C66H47N3/c67-64(49-30-13-4-14-31-49)62(48-28-11-3-12-29-48)65-56-45-53(43-42-50(56)44-59(68-65)47-26-9-2-10-27-47)69(60-40-22-20-36-54(60)46-24-7-1-8-25-46)61-41-23-39-58-63(61)55-37-19-21-38-57(55)66(58,51-32-15-5-16-33-51)52-34-17-6-18-35-52/h1-45,67-68H/b65-62-,67-64?. The molecule has 3 nitrogen and oxygen atoms in total. The summed E-state index contributed by atoms with van der Waals surface area (Å²) in [6.07, 6.45) is 2.25. The molecule has 0 spiro atoms. The molecule has 1 aliphatic carbocycles. The maximum atomic E-state index is 10.0. The molecule has 0 unspecified atom stereocenters. The molecule has 2 N–H and O–H groups in total. The zero-order valence-electron chi connectivity index (χ0n) is 37.9. The molecule has 0 fully saturated rings. The maximum absolute atomic E-state index is 10.0. The van der Waals surface area contributed by atoms with Crippen LogP contribution in [0.5, 0.6) is 0 Å². The van der Waals surface area contributed by atoms with E-state index in [9.17, 15) is 5.41 Å². The van der Waals surface area contributed by atoms with Gasteiger partial charge in [0.25, 0.3) is 0 Å². The van der Waals surface area contributed by atoms with Crippen LogP contribution >= 0.6 is 0 Å². The van der Waals surface area contributed by atoms with Crippen LogP contribution < -0.4 is 10.2 Å². The summed E-state index contributed by atoms with van der Waals surface area (Å²) in [5.74, 6) is 0. The fourth-order valence-electron chi connectivity index (χ4n) is 10.8. The fraction of sp³-hybridized carbons (Fsp3) is 0.0152. The predicted octanol–water partition coefficient (Wildman–Crippen LogP) is 16.2. The molecule has 0 atom stereocenters. The fourth-order valence-corrected chi connectivity index (χ4v) is 10.8. The van der Waals surface area contributed by atoms with Crippen molar-refractivity contribution in [3.8, 4) is 22.3 Å². The molecule has 0 radical (unpaired) electrons. The Morgan fingerprint density at radius 2 is 0.913 bits per heavy atom. The second-order valence-corrected chi connectivity index (χ2v) is 17.6. The number of hydrogen-bond acceptors (Lipinski definition) is 3. The van der Waals surface area contributed by atoms with Crippen LogP contribution in [-0.4, -0.2) is 5.71 Å². The number of hydrogen-bond donors (Lipinski definition) is 2. The van der Waals surface area contributed by atoms with Gasteiger partial charge in [0.15, 0.2) is 0 Å². The zero-order chi connectivity index (χ0) is 46.2. The maximum Gasteiger partial charge on any atom is 0.0714 e. The van der Waals surface area contributed by atoms with Gasteiger partial charge in [0, 0.05) is 39.2 Å². The van der Waals surface area contributed by atoms with E-state index in [-0.39, 0.29) is 0 Å². The molecule has 69 heavy (non-hydrogen) atoms. The monoisotopic (exact) mass is 881 g/mol. The summed E-state index contributed by atoms with van der Waals surface area (Å²) in [5.41, 5.74) is 20.2. The summed E-state index contributed by atoms with van der Waals surface area (Å²) in [4.78, 5) is 2.48. The van der Waals surface area contributed by atoms with Gasteiger partial charge in [0.2, 0.25) is 0 Å². The number of anilines is 3. The van der Waals surface area contributed by atoms with E-state index in [2.05, 4.69) is 247 Å². The van der Waals surface area contributed by atoms with E-state index in [1.165, 1.54) is 33.4 Å². The van der Waals surface area contributed by atoms with E-state index >= 15 is 0 Å². The van der Waals surface area contributed by atoms with E-state index in [1.807, 2.05) is 36.4 Å². The summed E-state index contributed by atoms with van der Waals surface area (Å²) < 4.78 is 0. The molecule has 10 aromatic carbocycles. The molecule has 0 bridgehead atoms. The second-order valence-electron chi connectivity index (χ2n) is 17.6. The van der Waals surface area contributed by atoms with Gasteiger partial charge in [-0.1, -0.05) is 243 Å². The summed E-state index contributed by atoms with van der Waals surface area (Å²) >= 11 is 0. The lowest BCUT2D eigenvalue weighted by Crippen LogP contribution is -2.28. The van der Waals surface area contributed by atoms with Gasteiger partial charge in [-0.3, -0.25) is 5.41 Å². The van der Waals surface area contributed by atoms with Gasteiger partial charge in [-0.05, 0) is 80.4 Å². The van der Waals surface area contributed by atoms with Crippen molar-refractivity contribution in [3.63, 3.8) is 0 Å². The number of benzene rings is 10. The SMILES string of the molecule is N=C(/C(=C1\NC(c2ccccc2)=Cc2ccc(N(c3ccccc3-c3ccccc3)c3cccc4c3-c3ccccc3C4(c3ccccc3)c3ccccc3)cc21)c1ccccc1)c1ccccc1. The van der Waals surface area contributed by atoms with Crippen LogP contribution in [-0.2, 0) is 5.41 Å². The van der Waals surface area contributed by atoms with E-state index in [1.54, 1.807) is 0 Å². The minimum Gasteiger partial charge on any atom is -0.354 e. The van der Waals surface area contributed by atoms with Crippen molar-refractivity contribution in [2.45, 2.75) is 5.41 Å². The quantitative estimate of drug-likeness (QED) is 0.134. The molecular formula is C66H47N3. The Bertz CT molecular complexity index is 3520. The van der Waals surface area contributed by atoms with E-state index in [4.69, 9.17) is 0 Å². The summed E-state index contributed by atoms with van der Waals surface area (Å²) in [6, 6.07) is 95.2. The summed E-state index contributed by atoms with van der Waals surface area (Å²) in [7, 11) is 0. The van der Waals surface area contributed by atoms with Gasteiger partial charge >= 0.3 is 0 Å². The topological polar surface area (TPSA) is 39.1 Å². The molecular weight excluding hydrogens is 835 g/mol. The van der Waals surface area contributed by atoms with E-state index in [0.29, 0.717) is 5.71 Å². The largest absolute Gasteiger partial charge is 0.354 e. The minimum atomic E-state index is -0.578. The number of nitrogens with one attached hydrogen (secondary N) is 2. The highest BCUT2D eigenvalue weighted by molar-refractivity contribution is 6.36. The van der Waals surface area contributed by atoms with Crippen molar-refractivity contribution in [1.29, 1.82) is 5.41 Å². The highest BCUT2D eigenvalue weighted by Gasteiger charge is 2.47. The van der Waals surface area contributed by atoms with Crippen molar-refractivity contribution in [2.24, 2.45) is 0 Å². The van der Waals surface area contributed by atoms with Crippen LogP contribution in [0.15, 0.2) is 267 Å². The second kappa shape index (κ2) is 17.6. The molecule has 2 aliphatic rings. The van der Waals surface area contributed by atoms with Gasteiger partial charge in [-0.25, -0.2) is 0 Å². The molecule has 10 aromatic rings. The van der Waals surface area contributed by atoms with Crippen LogP contribution in [0.1, 0.15) is 50.1 Å². The zero-order valence-corrected chi connectivity index (χ0v) is 37.9. The normalized spacial score (nSPS) is 13.8. The third-order valence-electron chi connectivity index (χ3n) is 13.8. The highest BCUT2D eigenvalue weighted by Crippen LogP contribution is 2.60.